The van der Waals surface area contributed by atoms with Gasteiger partial charge in [-0.05, 0) is 38.2 Å². The molecule has 8 nitrogen and oxygen atoms in total. The number of aromatic nitrogens is 3. The number of para-hydroxylation sites is 1. The highest BCUT2D eigenvalue weighted by Gasteiger charge is 2.10. The average Bonchev–Trinajstić information content (AvgIpc) is 2.75. The number of nitrogens with zero attached hydrogens (tertiary/aromatic N) is 4. The molecule has 3 N–H and O–H groups in total. The monoisotopic (exact) mass is 407 g/mol. The van der Waals surface area contributed by atoms with Crippen molar-refractivity contribution in [1.29, 1.82) is 0 Å². The lowest BCUT2D eigenvalue weighted by Crippen LogP contribution is -2.35. The first-order chi connectivity index (χ1) is 14.6. The molecule has 0 atom stereocenters. The molecule has 0 aliphatic rings. The molecule has 0 bridgehead atoms. The molecule has 1 aromatic carbocycles. The van der Waals surface area contributed by atoms with E-state index in [1.807, 2.05) is 43.3 Å². The number of pyridine rings is 1. The molecular formula is C22H29N7O. The van der Waals surface area contributed by atoms with Gasteiger partial charge in [0.1, 0.15) is 5.52 Å². The van der Waals surface area contributed by atoms with Gasteiger partial charge < -0.3 is 20.9 Å². The van der Waals surface area contributed by atoms with Gasteiger partial charge in [-0.3, -0.25) is 4.79 Å². The Balaban J connectivity index is 1.60. The Labute approximate surface area is 177 Å². The van der Waals surface area contributed by atoms with E-state index in [4.69, 9.17) is 0 Å². The third-order valence-electron chi connectivity index (χ3n) is 4.83. The topological polar surface area (TPSA) is 95.1 Å². The summed E-state index contributed by atoms with van der Waals surface area (Å²) < 4.78 is 0. The van der Waals surface area contributed by atoms with Crippen molar-refractivity contribution in [3.05, 3.63) is 48.3 Å². The molecule has 3 aromatic rings. The van der Waals surface area contributed by atoms with Crippen molar-refractivity contribution < 1.29 is 4.79 Å². The highest BCUT2D eigenvalue weighted by Crippen LogP contribution is 2.20. The number of amides is 1. The molecule has 1 amide bonds. The van der Waals surface area contributed by atoms with Gasteiger partial charge >= 0.3 is 0 Å². The molecule has 0 spiro atoms. The lowest BCUT2D eigenvalue weighted by molar-refractivity contribution is -0.115. The van der Waals surface area contributed by atoms with Crippen LogP contribution in [0.5, 0.6) is 0 Å². The predicted molar refractivity (Wildman–Crippen MR) is 121 cm³/mol. The standard InChI is InChI=1S/C22H29N7O/c1-4-29(5-2)12-11-23-15-21(30)27-18-13-19-22(25-16(18)3)28-20(14-24-19)26-17-9-7-6-8-10-17/h6-10,13-14,23H,4-5,11-12,15H2,1-3H3,(H,27,30)(H,25,26,28). The quantitative estimate of drug-likeness (QED) is 0.445. The molecular weight excluding hydrogens is 378 g/mol. The number of rotatable bonds is 10. The number of nitrogens with one attached hydrogen (secondary N) is 3. The van der Waals surface area contributed by atoms with Crippen molar-refractivity contribution in [1.82, 2.24) is 25.2 Å². The molecule has 0 fully saturated rings. The van der Waals surface area contributed by atoms with Gasteiger partial charge in [0, 0.05) is 18.8 Å². The number of hydrogen-bond acceptors (Lipinski definition) is 7. The van der Waals surface area contributed by atoms with Crippen molar-refractivity contribution in [2.45, 2.75) is 20.8 Å². The van der Waals surface area contributed by atoms with E-state index >= 15 is 0 Å². The lowest BCUT2D eigenvalue weighted by atomic mass is 10.3. The summed E-state index contributed by atoms with van der Waals surface area (Å²) in [5, 5.41) is 9.31. The van der Waals surface area contributed by atoms with Crippen molar-refractivity contribution in [2.75, 3.05) is 43.4 Å². The maximum absolute atomic E-state index is 12.3. The maximum Gasteiger partial charge on any atom is 0.238 e. The molecule has 0 unspecified atom stereocenters. The van der Waals surface area contributed by atoms with Crippen molar-refractivity contribution in [2.24, 2.45) is 0 Å². The molecule has 3 rings (SSSR count). The molecule has 2 heterocycles. The van der Waals surface area contributed by atoms with Crippen LogP contribution in [0.15, 0.2) is 42.6 Å². The third kappa shape index (κ3) is 5.95. The first-order valence-corrected chi connectivity index (χ1v) is 10.3. The molecule has 8 heteroatoms. The van der Waals surface area contributed by atoms with Gasteiger partial charge in [0.05, 0.1) is 24.1 Å². The second-order valence-electron chi connectivity index (χ2n) is 6.96. The SMILES string of the molecule is CCN(CC)CCNCC(=O)Nc1cc2ncc(Nc3ccccc3)nc2nc1C. The van der Waals surface area contributed by atoms with E-state index in [-0.39, 0.29) is 12.5 Å². The van der Waals surface area contributed by atoms with E-state index in [2.05, 4.69) is 49.6 Å². The van der Waals surface area contributed by atoms with Gasteiger partial charge in [0.25, 0.3) is 0 Å². The fourth-order valence-electron chi connectivity index (χ4n) is 3.06. The van der Waals surface area contributed by atoms with Crippen LogP contribution in [0, 0.1) is 6.92 Å². The largest absolute Gasteiger partial charge is 0.339 e. The number of carbonyl (C=O) groups is 1. The van der Waals surface area contributed by atoms with E-state index in [1.54, 1.807) is 6.20 Å². The molecule has 2 aromatic heterocycles. The number of hydrogen-bond donors (Lipinski definition) is 3. The van der Waals surface area contributed by atoms with E-state index in [0.717, 1.165) is 31.9 Å². The van der Waals surface area contributed by atoms with E-state index < -0.39 is 0 Å². The zero-order valence-electron chi connectivity index (χ0n) is 17.8. The molecule has 0 radical (unpaired) electrons. The number of anilines is 3. The first kappa shape index (κ1) is 21.6. The average molecular weight is 408 g/mol. The number of carbonyl (C=O) groups excluding carboxylic acids is 1. The minimum absolute atomic E-state index is 0.103. The Bertz CT molecular complexity index is 974. The van der Waals surface area contributed by atoms with Crippen LogP contribution < -0.4 is 16.0 Å². The van der Waals surface area contributed by atoms with Gasteiger partial charge in [0.15, 0.2) is 11.5 Å². The van der Waals surface area contributed by atoms with Gasteiger partial charge in [0.2, 0.25) is 5.91 Å². The van der Waals surface area contributed by atoms with Gasteiger partial charge in [-0.2, -0.15) is 0 Å². The van der Waals surface area contributed by atoms with Crippen LogP contribution in [0.25, 0.3) is 11.2 Å². The van der Waals surface area contributed by atoms with Crippen LogP contribution in [-0.2, 0) is 4.79 Å². The molecule has 158 valence electrons. The zero-order valence-corrected chi connectivity index (χ0v) is 17.8. The maximum atomic E-state index is 12.3. The van der Waals surface area contributed by atoms with Crippen LogP contribution in [-0.4, -0.2) is 58.5 Å². The van der Waals surface area contributed by atoms with E-state index in [1.165, 1.54) is 0 Å². The molecule has 30 heavy (non-hydrogen) atoms. The summed E-state index contributed by atoms with van der Waals surface area (Å²) in [6, 6.07) is 11.6. The summed E-state index contributed by atoms with van der Waals surface area (Å²) in [6.07, 6.45) is 1.66. The minimum atomic E-state index is -0.103. The minimum Gasteiger partial charge on any atom is -0.339 e. The first-order valence-electron chi connectivity index (χ1n) is 10.3. The zero-order chi connectivity index (χ0) is 21.3. The van der Waals surface area contributed by atoms with Crippen molar-refractivity contribution in [3.8, 4) is 0 Å². The Hall–Kier alpha value is -3.10. The second kappa shape index (κ2) is 10.6. The summed E-state index contributed by atoms with van der Waals surface area (Å²) in [5.74, 6) is 0.518. The fraction of sp³-hybridized carbons (Fsp3) is 0.364. The Morgan fingerprint density at radius 1 is 1.10 bits per heavy atom. The van der Waals surface area contributed by atoms with Crippen LogP contribution in [0.4, 0.5) is 17.2 Å². The van der Waals surface area contributed by atoms with E-state index in [0.29, 0.717) is 28.4 Å². The Morgan fingerprint density at radius 3 is 2.60 bits per heavy atom. The highest BCUT2D eigenvalue weighted by atomic mass is 16.1. The van der Waals surface area contributed by atoms with Crippen molar-refractivity contribution in [3.63, 3.8) is 0 Å². The van der Waals surface area contributed by atoms with Crippen molar-refractivity contribution >= 4 is 34.3 Å². The number of fused-ring (bicyclic) bond motifs is 1. The number of benzene rings is 1. The fourth-order valence-corrected chi connectivity index (χ4v) is 3.06. The summed E-state index contributed by atoms with van der Waals surface area (Å²) >= 11 is 0. The summed E-state index contributed by atoms with van der Waals surface area (Å²) in [7, 11) is 0. The van der Waals surface area contributed by atoms with Crippen LogP contribution in [0.2, 0.25) is 0 Å². The van der Waals surface area contributed by atoms with Crippen LogP contribution in [0.3, 0.4) is 0 Å². The molecule has 0 saturated carbocycles. The normalized spacial score (nSPS) is 11.1. The molecule has 0 saturated heterocycles. The summed E-state index contributed by atoms with van der Waals surface area (Å²) in [6.45, 7) is 10.1. The van der Waals surface area contributed by atoms with Gasteiger partial charge in [-0.1, -0.05) is 32.0 Å². The van der Waals surface area contributed by atoms with Crippen LogP contribution in [0.1, 0.15) is 19.5 Å². The number of aryl methyl sites for hydroxylation is 1. The Kier molecular flexibility index (Phi) is 7.64. The number of likely N-dealkylation sites (N-methyl/N-ethyl adjacent to an activating group) is 1. The predicted octanol–water partition coefficient (Wildman–Crippen LogP) is 2.95. The van der Waals surface area contributed by atoms with Gasteiger partial charge in [-0.15, -0.1) is 0 Å². The van der Waals surface area contributed by atoms with E-state index in [9.17, 15) is 4.79 Å². The summed E-state index contributed by atoms with van der Waals surface area (Å²) in [4.78, 5) is 28.1. The smallest absolute Gasteiger partial charge is 0.238 e. The lowest BCUT2D eigenvalue weighted by Gasteiger charge is -2.18. The molecule has 0 aliphatic heterocycles. The molecule has 0 aliphatic carbocycles. The van der Waals surface area contributed by atoms with Crippen LogP contribution >= 0.6 is 0 Å². The second-order valence-corrected chi connectivity index (χ2v) is 6.96. The highest BCUT2D eigenvalue weighted by molar-refractivity contribution is 5.94. The third-order valence-corrected chi connectivity index (χ3v) is 4.83. The Morgan fingerprint density at radius 2 is 1.87 bits per heavy atom. The van der Waals surface area contributed by atoms with Gasteiger partial charge in [-0.25, -0.2) is 15.0 Å². The summed E-state index contributed by atoms with van der Waals surface area (Å²) in [5.41, 5.74) is 3.44.